The molecule has 2 nitrogen and oxygen atoms in total. The van der Waals surface area contributed by atoms with Gasteiger partial charge in [0.15, 0.2) is 5.78 Å². The highest BCUT2D eigenvalue weighted by molar-refractivity contribution is 6.33. The fourth-order valence-electron chi connectivity index (χ4n) is 0.876. The van der Waals surface area contributed by atoms with Crippen molar-refractivity contribution in [2.75, 3.05) is 5.73 Å². The first-order valence-corrected chi connectivity index (χ1v) is 3.65. The van der Waals surface area contributed by atoms with Crippen molar-refractivity contribution in [3.8, 4) is 0 Å². The number of hydrogen-bond donors (Lipinski definition) is 1. The summed E-state index contributed by atoms with van der Waals surface area (Å²) in [6.07, 6.45) is 0. The summed E-state index contributed by atoms with van der Waals surface area (Å²) in [6.45, 7) is 1.31. The first-order chi connectivity index (χ1) is 5.52. The van der Waals surface area contributed by atoms with Gasteiger partial charge in [0.05, 0.1) is 10.7 Å². The van der Waals surface area contributed by atoms with Crippen molar-refractivity contribution >= 4 is 23.1 Å². The SMILES string of the molecule is CC(=O)c1cc(F)cc(Cl)c1N. The lowest BCUT2D eigenvalue weighted by Gasteiger charge is -2.03. The Morgan fingerprint density at radius 2 is 2.17 bits per heavy atom. The Labute approximate surface area is 74.1 Å². The van der Waals surface area contributed by atoms with E-state index in [-0.39, 0.29) is 22.1 Å². The van der Waals surface area contributed by atoms with E-state index >= 15 is 0 Å². The van der Waals surface area contributed by atoms with Gasteiger partial charge in [0, 0.05) is 5.56 Å². The highest BCUT2D eigenvalue weighted by Gasteiger charge is 2.09. The summed E-state index contributed by atoms with van der Waals surface area (Å²) in [6, 6.07) is 2.15. The normalized spacial score (nSPS) is 9.92. The summed E-state index contributed by atoms with van der Waals surface area (Å²) < 4.78 is 12.7. The largest absolute Gasteiger partial charge is 0.397 e. The van der Waals surface area contributed by atoms with Crippen molar-refractivity contribution in [3.63, 3.8) is 0 Å². The van der Waals surface area contributed by atoms with Crippen molar-refractivity contribution in [1.29, 1.82) is 0 Å². The van der Waals surface area contributed by atoms with Gasteiger partial charge < -0.3 is 5.73 Å². The number of nitrogen functional groups attached to an aromatic ring is 1. The van der Waals surface area contributed by atoms with Crippen LogP contribution in [0.25, 0.3) is 0 Å². The fourth-order valence-corrected chi connectivity index (χ4v) is 1.08. The molecule has 0 saturated carbocycles. The molecule has 1 aromatic carbocycles. The maximum absolute atomic E-state index is 12.7. The number of Topliss-reactive ketones (excluding diaryl/α,β-unsaturated/α-hetero) is 1. The zero-order valence-corrected chi connectivity index (χ0v) is 7.15. The van der Waals surface area contributed by atoms with Crippen LogP contribution in [0.1, 0.15) is 17.3 Å². The molecule has 12 heavy (non-hydrogen) atoms. The average Bonchev–Trinajstić information content (AvgIpc) is 1.96. The summed E-state index contributed by atoms with van der Waals surface area (Å²) in [4.78, 5) is 10.9. The molecule has 0 bridgehead atoms. The number of carbonyl (C=O) groups excluding carboxylic acids is 1. The molecular weight excluding hydrogens is 181 g/mol. The Morgan fingerprint density at radius 3 is 2.67 bits per heavy atom. The summed E-state index contributed by atoms with van der Waals surface area (Å²) in [5.74, 6) is -0.853. The maximum atomic E-state index is 12.7. The van der Waals surface area contributed by atoms with Gasteiger partial charge in [-0.3, -0.25) is 4.79 Å². The van der Waals surface area contributed by atoms with Gasteiger partial charge in [0.25, 0.3) is 0 Å². The molecule has 64 valence electrons. The molecule has 4 heteroatoms. The van der Waals surface area contributed by atoms with Crippen molar-refractivity contribution in [3.05, 3.63) is 28.5 Å². The van der Waals surface area contributed by atoms with E-state index in [0.717, 1.165) is 12.1 Å². The molecule has 0 aliphatic carbocycles. The smallest absolute Gasteiger partial charge is 0.162 e. The Balaban J connectivity index is 3.37. The lowest BCUT2D eigenvalue weighted by molar-refractivity contribution is 0.101. The van der Waals surface area contributed by atoms with E-state index in [9.17, 15) is 9.18 Å². The van der Waals surface area contributed by atoms with Crippen molar-refractivity contribution in [2.45, 2.75) is 6.92 Å². The third kappa shape index (κ3) is 1.56. The first kappa shape index (κ1) is 9.00. The molecule has 0 radical (unpaired) electrons. The van der Waals surface area contributed by atoms with Gasteiger partial charge in [-0.25, -0.2) is 4.39 Å². The Kier molecular flexibility index (Phi) is 2.33. The quantitative estimate of drug-likeness (QED) is 0.541. The summed E-state index contributed by atoms with van der Waals surface area (Å²) >= 11 is 5.55. The molecule has 0 atom stereocenters. The third-order valence-corrected chi connectivity index (χ3v) is 1.79. The van der Waals surface area contributed by atoms with Crippen LogP contribution in [-0.4, -0.2) is 5.78 Å². The van der Waals surface area contributed by atoms with Gasteiger partial charge in [-0.2, -0.15) is 0 Å². The minimum atomic E-state index is -0.556. The highest BCUT2D eigenvalue weighted by atomic mass is 35.5. The molecule has 0 aliphatic heterocycles. The second kappa shape index (κ2) is 3.11. The molecule has 0 saturated heterocycles. The molecular formula is C8H7ClFNO. The second-order valence-corrected chi connectivity index (χ2v) is 2.81. The first-order valence-electron chi connectivity index (χ1n) is 3.28. The van der Waals surface area contributed by atoms with E-state index in [4.69, 9.17) is 17.3 Å². The summed E-state index contributed by atoms with van der Waals surface area (Å²) in [5.41, 5.74) is 5.69. The van der Waals surface area contributed by atoms with Crippen molar-refractivity contribution in [2.24, 2.45) is 0 Å². The standard InChI is InChI=1S/C8H7ClFNO/c1-4(12)6-2-5(10)3-7(9)8(6)11/h2-3H,11H2,1H3. The van der Waals surface area contributed by atoms with Crippen LogP contribution < -0.4 is 5.73 Å². The van der Waals surface area contributed by atoms with Crippen LogP contribution in [0.3, 0.4) is 0 Å². The number of hydrogen-bond acceptors (Lipinski definition) is 2. The summed E-state index contributed by atoms with van der Waals surface area (Å²) in [7, 11) is 0. The van der Waals surface area contributed by atoms with Crippen LogP contribution in [0.5, 0.6) is 0 Å². The van der Waals surface area contributed by atoms with Crippen LogP contribution in [0.2, 0.25) is 5.02 Å². The van der Waals surface area contributed by atoms with Crippen LogP contribution in [-0.2, 0) is 0 Å². The number of rotatable bonds is 1. The topological polar surface area (TPSA) is 43.1 Å². The van der Waals surface area contributed by atoms with Crippen LogP contribution in [0, 0.1) is 5.82 Å². The second-order valence-electron chi connectivity index (χ2n) is 2.41. The fraction of sp³-hybridized carbons (Fsp3) is 0.125. The number of halogens is 2. The van der Waals surface area contributed by atoms with Gasteiger partial charge in [0.2, 0.25) is 0 Å². The number of anilines is 1. The monoisotopic (exact) mass is 187 g/mol. The zero-order valence-electron chi connectivity index (χ0n) is 6.40. The maximum Gasteiger partial charge on any atom is 0.162 e. The molecule has 0 heterocycles. The highest BCUT2D eigenvalue weighted by Crippen LogP contribution is 2.24. The molecule has 0 fully saturated rings. The average molecular weight is 188 g/mol. The lowest BCUT2D eigenvalue weighted by atomic mass is 10.1. The number of carbonyl (C=O) groups is 1. The van der Waals surface area contributed by atoms with Crippen molar-refractivity contribution < 1.29 is 9.18 Å². The number of nitrogens with two attached hydrogens (primary N) is 1. The van der Waals surface area contributed by atoms with Crippen LogP contribution in [0.4, 0.5) is 10.1 Å². The van der Waals surface area contributed by atoms with E-state index in [1.54, 1.807) is 0 Å². The molecule has 0 aromatic heterocycles. The molecule has 0 spiro atoms. The number of benzene rings is 1. The minimum Gasteiger partial charge on any atom is -0.397 e. The van der Waals surface area contributed by atoms with Crippen LogP contribution >= 0.6 is 11.6 Å². The predicted molar refractivity (Wildman–Crippen MR) is 45.8 cm³/mol. The van der Waals surface area contributed by atoms with Gasteiger partial charge in [0.1, 0.15) is 5.82 Å². The van der Waals surface area contributed by atoms with Gasteiger partial charge in [-0.1, -0.05) is 11.6 Å². The number of ketones is 1. The van der Waals surface area contributed by atoms with E-state index in [1.807, 2.05) is 0 Å². The van der Waals surface area contributed by atoms with Gasteiger partial charge in [-0.15, -0.1) is 0 Å². The third-order valence-electron chi connectivity index (χ3n) is 1.47. The van der Waals surface area contributed by atoms with Crippen molar-refractivity contribution in [1.82, 2.24) is 0 Å². The molecule has 0 unspecified atom stereocenters. The molecule has 1 aromatic rings. The predicted octanol–water partition coefficient (Wildman–Crippen LogP) is 2.26. The summed E-state index contributed by atoms with van der Waals surface area (Å²) in [5, 5.41) is 0.0696. The van der Waals surface area contributed by atoms with E-state index in [0.29, 0.717) is 0 Å². The van der Waals surface area contributed by atoms with Crippen LogP contribution in [0.15, 0.2) is 12.1 Å². The Hall–Kier alpha value is -1.09. The molecule has 2 N–H and O–H groups in total. The molecule has 0 amide bonds. The molecule has 1 rings (SSSR count). The van der Waals surface area contributed by atoms with E-state index in [2.05, 4.69) is 0 Å². The van der Waals surface area contributed by atoms with E-state index in [1.165, 1.54) is 6.92 Å². The Morgan fingerprint density at radius 1 is 1.58 bits per heavy atom. The lowest BCUT2D eigenvalue weighted by Crippen LogP contribution is -2.01. The van der Waals surface area contributed by atoms with Gasteiger partial charge >= 0.3 is 0 Å². The zero-order chi connectivity index (χ0) is 9.30. The minimum absolute atomic E-state index is 0.0696. The molecule has 0 aliphatic rings. The Bertz CT molecular complexity index is 338. The van der Waals surface area contributed by atoms with Gasteiger partial charge in [-0.05, 0) is 19.1 Å². The van der Waals surface area contributed by atoms with E-state index < -0.39 is 5.82 Å².